The van der Waals surface area contributed by atoms with Gasteiger partial charge in [0, 0.05) is 11.1 Å². The predicted molar refractivity (Wildman–Crippen MR) is 115 cm³/mol. The smallest absolute Gasteiger partial charge is 0.193 e. The summed E-state index contributed by atoms with van der Waals surface area (Å²) < 4.78 is 5.63. The minimum atomic E-state index is 0. The van der Waals surface area contributed by atoms with Gasteiger partial charge in [0.15, 0.2) is 5.96 Å². The molecule has 1 aliphatic carbocycles. The van der Waals surface area contributed by atoms with Crippen LogP contribution in [0.4, 0.5) is 5.69 Å². The second-order valence-corrected chi connectivity index (χ2v) is 6.66. The maximum absolute atomic E-state index is 6.05. The molecule has 1 fully saturated rings. The van der Waals surface area contributed by atoms with Crippen LogP contribution in [0.3, 0.4) is 0 Å². The molecular formula is C20H26IN3O. The van der Waals surface area contributed by atoms with E-state index in [1.54, 1.807) is 0 Å². The number of rotatable bonds is 6. The molecule has 25 heavy (non-hydrogen) atoms. The van der Waals surface area contributed by atoms with E-state index in [9.17, 15) is 0 Å². The highest BCUT2D eigenvalue weighted by molar-refractivity contribution is 14.0. The average molecular weight is 451 g/mol. The van der Waals surface area contributed by atoms with Crippen LogP contribution < -0.4 is 15.8 Å². The van der Waals surface area contributed by atoms with Gasteiger partial charge in [-0.05, 0) is 56.5 Å². The third kappa shape index (κ3) is 5.36. The van der Waals surface area contributed by atoms with Crippen molar-refractivity contribution in [3.8, 4) is 5.75 Å². The van der Waals surface area contributed by atoms with E-state index in [0.29, 0.717) is 5.96 Å². The Labute approximate surface area is 166 Å². The third-order valence-electron chi connectivity index (χ3n) is 4.29. The molecule has 0 spiro atoms. The highest BCUT2D eigenvalue weighted by Gasteiger charge is 2.43. The third-order valence-corrected chi connectivity index (χ3v) is 4.29. The molecule has 2 aromatic rings. The summed E-state index contributed by atoms with van der Waals surface area (Å²) in [6, 6.07) is 18.3. The Kier molecular flexibility index (Phi) is 6.70. The molecule has 5 heteroatoms. The number of ether oxygens (including phenoxy) is 1. The fourth-order valence-electron chi connectivity index (χ4n) is 2.79. The van der Waals surface area contributed by atoms with Crippen molar-refractivity contribution in [2.75, 3.05) is 11.9 Å². The molecule has 0 aliphatic heterocycles. The number of hydrogen-bond donors (Lipinski definition) is 2. The van der Waals surface area contributed by atoms with Crippen molar-refractivity contribution in [1.82, 2.24) is 0 Å². The summed E-state index contributed by atoms with van der Waals surface area (Å²) in [7, 11) is 0. The number of guanidine groups is 1. The van der Waals surface area contributed by atoms with Crippen LogP contribution in [-0.2, 0) is 5.41 Å². The standard InChI is InChI=1S/C20H25N3O.HI/c1-15(2)24-18-10-8-17(9-11-18)23-19(21)22-14-20(12-13-20)16-6-4-3-5-7-16;/h3-11,15H,12-14H2,1-2H3,(H3,21,22,23);1H. The zero-order chi connectivity index (χ0) is 17.0. The van der Waals surface area contributed by atoms with Gasteiger partial charge in [0.05, 0.1) is 12.6 Å². The summed E-state index contributed by atoms with van der Waals surface area (Å²) >= 11 is 0. The molecule has 0 heterocycles. The summed E-state index contributed by atoms with van der Waals surface area (Å²) in [6.07, 6.45) is 2.52. The van der Waals surface area contributed by atoms with Crippen LogP contribution in [-0.4, -0.2) is 18.6 Å². The molecule has 3 rings (SSSR count). The summed E-state index contributed by atoms with van der Waals surface area (Å²) in [5.74, 6) is 1.31. The SMILES string of the molecule is CC(C)Oc1ccc(NC(N)=NCC2(c3ccccc3)CC2)cc1.I. The fourth-order valence-corrected chi connectivity index (χ4v) is 2.79. The van der Waals surface area contributed by atoms with Gasteiger partial charge in [0.25, 0.3) is 0 Å². The number of nitrogens with two attached hydrogens (primary N) is 1. The van der Waals surface area contributed by atoms with Gasteiger partial charge < -0.3 is 15.8 Å². The van der Waals surface area contributed by atoms with Gasteiger partial charge in [0.1, 0.15) is 5.75 Å². The Morgan fingerprint density at radius 2 is 1.76 bits per heavy atom. The van der Waals surface area contributed by atoms with Gasteiger partial charge in [0.2, 0.25) is 0 Å². The van der Waals surface area contributed by atoms with Crippen LogP contribution in [0, 0.1) is 0 Å². The first kappa shape index (κ1) is 19.6. The molecule has 2 aromatic carbocycles. The topological polar surface area (TPSA) is 59.6 Å². The Balaban J connectivity index is 0.00000225. The first-order valence-corrected chi connectivity index (χ1v) is 8.47. The number of anilines is 1. The zero-order valence-corrected chi connectivity index (χ0v) is 17.1. The number of halogens is 1. The molecule has 4 nitrogen and oxygen atoms in total. The average Bonchev–Trinajstić information content (AvgIpc) is 3.37. The van der Waals surface area contributed by atoms with E-state index in [2.05, 4.69) is 34.6 Å². The van der Waals surface area contributed by atoms with E-state index in [4.69, 9.17) is 10.5 Å². The molecule has 0 aromatic heterocycles. The lowest BCUT2D eigenvalue weighted by Gasteiger charge is -2.14. The minimum absolute atomic E-state index is 0. The maximum atomic E-state index is 6.05. The van der Waals surface area contributed by atoms with Gasteiger partial charge in [-0.25, -0.2) is 0 Å². The van der Waals surface area contributed by atoms with Crippen LogP contribution >= 0.6 is 24.0 Å². The van der Waals surface area contributed by atoms with Crippen LogP contribution in [0.5, 0.6) is 5.75 Å². The van der Waals surface area contributed by atoms with Gasteiger partial charge >= 0.3 is 0 Å². The molecule has 1 aliphatic rings. The molecule has 3 N–H and O–H groups in total. The second kappa shape index (κ2) is 8.56. The fraction of sp³-hybridized carbons (Fsp3) is 0.350. The van der Waals surface area contributed by atoms with E-state index < -0.39 is 0 Å². The van der Waals surface area contributed by atoms with E-state index in [0.717, 1.165) is 18.0 Å². The van der Waals surface area contributed by atoms with Crippen LogP contribution in [0.1, 0.15) is 32.3 Å². The predicted octanol–water partition coefficient (Wildman–Crippen LogP) is 4.55. The molecule has 0 bridgehead atoms. The quantitative estimate of drug-likeness (QED) is 0.385. The van der Waals surface area contributed by atoms with Gasteiger partial charge in [-0.3, -0.25) is 4.99 Å². The number of aliphatic imine (C=N–C) groups is 1. The highest BCUT2D eigenvalue weighted by atomic mass is 127. The van der Waals surface area contributed by atoms with E-state index in [1.807, 2.05) is 44.2 Å². The molecule has 0 amide bonds. The van der Waals surface area contributed by atoms with Crippen molar-refractivity contribution in [3.05, 3.63) is 60.2 Å². The second-order valence-electron chi connectivity index (χ2n) is 6.66. The Hall–Kier alpha value is -1.76. The highest BCUT2D eigenvalue weighted by Crippen LogP contribution is 2.48. The van der Waals surface area contributed by atoms with Gasteiger partial charge in [-0.1, -0.05) is 30.3 Å². The van der Waals surface area contributed by atoms with Crippen LogP contribution in [0.15, 0.2) is 59.6 Å². The first-order valence-electron chi connectivity index (χ1n) is 8.47. The molecule has 1 saturated carbocycles. The number of hydrogen-bond acceptors (Lipinski definition) is 2. The monoisotopic (exact) mass is 451 g/mol. The normalized spacial score (nSPS) is 15.4. The van der Waals surface area contributed by atoms with Gasteiger partial charge in [-0.15, -0.1) is 24.0 Å². The molecule has 0 saturated heterocycles. The lowest BCUT2D eigenvalue weighted by Crippen LogP contribution is -2.24. The van der Waals surface area contributed by atoms with Gasteiger partial charge in [-0.2, -0.15) is 0 Å². The summed E-state index contributed by atoms with van der Waals surface area (Å²) in [4.78, 5) is 4.55. The molecular weight excluding hydrogens is 425 g/mol. The minimum Gasteiger partial charge on any atom is -0.491 e. The number of benzene rings is 2. The largest absolute Gasteiger partial charge is 0.491 e. The van der Waals surface area contributed by atoms with Crippen molar-refractivity contribution in [2.24, 2.45) is 10.7 Å². The van der Waals surface area contributed by atoms with Crippen molar-refractivity contribution < 1.29 is 4.74 Å². The lowest BCUT2D eigenvalue weighted by atomic mass is 9.96. The molecule has 0 unspecified atom stereocenters. The van der Waals surface area contributed by atoms with Crippen molar-refractivity contribution in [1.29, 1.82) is 0 Å². The van der Waals surface area contributed by atoms with Crippen molar-refractivity contribution >= 4 is 35.6 Å². The van der Waals surface area contributed by atoms with Crippen LogP contribution in [0.25, 0.3) is 0 Å². The van der Waals surface area contributed by atoms with Crippen molar-refractivity contribution in [3.63, 3.8) is 0 Å². The Morgan fingerprint density at radius 1 is 1.12 bits per heavy atom. The number of nitrogens with zero attached hydrogens (tertiary/aromatic N) is 1. The van der Waals surface area contributed by atoms with E-state index in [-0.39, 0.29) is 35.5 Å². The van der Waals surface area contributed by atoms with Crippen molar-refractivity contribution in [2.45, 2.75) is 38.2 Å². The first-order chi connectivity index (χ1) is 11.6. The Morgan fingerprint density at radius 3 is 2.32 bits per heavy atom. The summed E-state index contributed by atoms with van der Waals surface area (Å²) in [5.41, 5.74) is 8.50. The Bertz CT molecular complexity index is 695. The number of nitrogens with one attached hydrogen (secondary N) is 1. The van der Waals surface area contributed by atoms with Crippen LogP contribution in [0.2, 0.25) is 0 Å². The maximum Gasteiger partial charge on any atom is 0.193 e. The summed E-state index contributed by atoms with van der Waals surface area (Å²) in [5, 5.41) is 3.15. The molecule has 0 atom stereocenters. The molecule has 134 valence electrons. The lowest BCUT2D eigenvalue weighted by molar-refractivity contribution is 0.242. The van der Waals surface area contributed by atoms with E-state index >= 15 is 0 Å². The molecule has 0 radical (unpaired) electrons. The summed E-state index contributed by atoms with van der Waals surface area (Å²) in [6.45, 7) is 4.75. The van der Waals surface area contributed by atoms with E-state index in [1.165, 1.54) is 18.4 Å². The zero-order valence-electron chi connectivity index (χ0n) is 14.7.